The van der Waals surface area contributed by atoms with Crippen molar-refractivity contribution in [3.8, 4) is 16.4 Å². The summed E-state index contributed by atoms with van der Waals surface area (Å²) in [6.07, 6.45) is 2.12. The van der Waals surface area contributed by atoms with Crippen molar-refractivity contribution in [1.82, 2.24) is 20.1 Å². The molecular weight excluding hydrogens is 401 g/mol. The lowest BCUT2D eigenvalue weighted by Gasteiger charge is -2.28. The monoisotopic (exact) mass is 421 g/mol. The van der Waals surface area contributed by atoms with Gasteiger partial charge in [0.1, 0.15) is 5.82 Å². The van der Waals surface area contributed by atoms with Crippen LogP contribution >= 0.6 is 23.7 Å². The SMILES string of the molecule is CC(CN)(NC(=O)c1nc(-c2cccs2)n(-c2ccc(F)cc2)n1)C1CC1.Cl. The van der Waals surface area contributed by atoms with Crippen molar-refractivity contribution in [1.29, 1.82) is 0 Å². The quantitative estimate of drug-likeness (QED) is 0.638. The number of halogens is 2. The van der Waals surface area contributed by atoms with Crippen molar-refractivity contribution in [3.05, 3.63) is 53.4 Å². The second-order valence-corrected chi connectivity index (χ2v) is 7.92. The molecule has 1 aliphatic carbocycles. The normalized spacial score (nSPS) is 15.5. The summed E-state index contributed by atoms with van der Waals surface area (Å²) < 4.78 is 14.9. The van der Waals surface area contributed by atoms with E-state index in [9.17, 15) is 9.18 Å². The fourth-order valence-corrected chi connectivity index (χ4v) is 3.79. The molecule has 0 saturated heterocycles. The summed E-state index contributed by atoms with van der Waals surface area (Å²) in [6, 6.07) is 9.74. The highest BCUT2D eigenvalue weighted by Crippen LogP contribution is 2.39. The third-order valence-corrected chi connectivity index (χ3v) is 5.79. The smallest absolute Gasteiger partial charge is 0.291 e. The van der Waals surface area contributed by atoms with Crippen molar-refractivity contribution >= 4 is 29.7 Å². The van der Waals surface area contributed by atoms with Gasteiger partial charge in [0.25, 0.3) is 5.91 Å². The molecule has 0 radical (unpaired) electrons. The lowest BCUT2D eigenvalue weighted by atomic mass is 9.96. The molecule has 1 aliphatic rings. The average molecular weight is 422 g/mol. The highest BCUT2D eigenvalue weighted by atomic mass is 35.5. The zero-order valence-electron chi connectivity index (χ0n) is 15.3. The van der Waals surface area contributed by atoms with Crippen molar-refractivity contribution in [2.75, 3.05) is 6.54 Å². The van der Waals surface area contributed by atoms with Gasteiger partial charge in [0, 0.05) is 6.54 Å². The number of nitrogens with two attached hydrogens (primary N) is 1. The first-order valence-electron chi connectivity index (χ1n) is 8.79. The Morgan fingerprint density at radius 1 is 1.36 bits per heavy atom. The second-order valence-electron chi connectivity index (χ2n) is 6.97. The van der Waals surface area contributed by atoms with Crippen molar-refractivity contribution in [2.45, 2.75) is 25.3 Å². The Morgan fingerprint density at radius 3 is 2.64 bits per heavy atom. The summed E-state index contributed by atoms with van der Waals surface area (Å²) in [5, 5.41) is 9.34. The Kier molecular flexibility index (Phi) is 5.83. The number of hydrogen-bond acceptors (Lipinski definition) is 5. The number of nitrogens with one attached hydrogen (secondary N) is 1. The van der Waals surface area contributed by atoms with Gasteiger partial charge >= 0.3 is 0 Å². The molecule has 6 nitrogen and oxygen atoms in total. The fraction of sp³-hybridized carbons (Fsp3) is 0.316. The second kappa shape index (κ2) is 7.98. The summed E-state index contributed by atoms with van der Waals surface area (Å²) in [6.45, 7) is 2.32. The zero-order valence-corrected chi connectivity index (χ0v) is 16.9. The van der Waals surface area contributed by atoms with E-state index < -0.39 is 5.54 Å². The molecule has 9 heteroatoms. The summed E-state index contributed by atoms with van der Waals surface area (Å²) in [5.74, 6) is 0.319. The Bertz CT molecular complexity index is 955. The van der Waals surface area contributed by atoms with Crippen LogP contribution in [0.1, 0.15) is 30.4 Å². The van der Waals surface area contributed by atoms with E-state index in [0.717, 1.165) is 17.7 Å². The van der Waals surface area contributed by atoms with E-state index in [1.807, 2.05) is 24.4 Å². The standard InChI is InChI=1S/C19H20FN5OS.ClH/c1-19(11-21,12-4-5-12)23-18(26)16-22-17(15-3-2-10-27-15)25(24-16)14-8-6-13(20)7-9-14;/h2-3,6-10,12H,4-5,11,21H2,1H3,(H,23,26);1H. The highest BCUT2D eigenvalue weighted by molar-refractivity contribution is 7.13. The van der Waals surface area contributed by atoms with Gasteiger partial charge in [-0.2, -0.15) is 0 Å². The molecule has 3 aromatic rings. The molecule has 1 aromatic carbocycles. The topological polar surface area (TPSA) is 85.8 Å². The van der Waals surface area contributed by atoms with Crippen molar-refractivity contribution in [3.63, 3.8) is 0 Å². The predicted molar refractivity (Wildman–Crippen MR) is 110 cm³/mol. The van der Waals surface area contributed by atoms with E-state index in [4.69, 9.17) is 5.73 Å². The van der Waals surface area contributed by atoms with Gasteiger partial charge in [0.2, 0.25) is 5.82 Å². The van der Waals surface area contributed by atoms with Crippen LogP contribution in [0.15, 0.2) is 41.8 Å². The number of carbonyl (C=O) groups excluding carboxylic acids is 1. The van der Waals surface area contributed by atoms with Crippen LogP contribution in [0, 0.1) is 11.7 Å². The van der Waals surface area contributed by atoms with Crippen molar-refractivity contribution in [2.24, 2.45) is 11.7 Å². The number of carbonyl (C=O) groups is 1. The van der Waals surface area contributed by atoms with Crippen LogP contribution in [0.5, 0.6) is 0 Å². The summed E-state index contributed by atoms with van der Waals surface area (Å²) in [7, 11) is 0. The lowest BCUT2D eigenvalue weighted by Crippen LogP contribution is -2.53. The molecule has 1 saturated carbocycles. The molecule has 0 aliphatic heterocycles. The fourth-order valence-electron chi connectivity index (χ4n) is 3.09. The van der Waals surface area contributed by atoms with Crippen LogP contribution in [-0.4, -0.2) is 32.8 Å². The number of amides is 1. The van der Waals surface area contributed by atoms with Gasteiger partial charge < -0.3 is 11.1 Å². The van der Waals surface area contributed by atoms with Crippen LogP contribution in [0.3, 0.4) is 0 Å². The van der Waals surface area contributed by atoms with Gasteiger partial charge in [-0.1, -0.05) is 6.07 Å². The Hall–Kier alpha value is -2.29. The van der Waals surface area contributed by atoms with Crippen LogP contribution in [0.2, 0.25) is 0 Å². The number of rotatable bonds is 6. The number of nitrogens with zero attached hydrogens (tertiary/aromatic N) is 3. The summed E-state index contributed by atoms with van der Waals surface area (Å²) >= 11 is 1.50. The van der Waals surface area contributed by atoms with Crippen molar-refractivity contribution < 1.29 is 9.18 Å². The van der Waals surface area contributed by atoms with Gasteiger partial charge in [-0.3, -0.25) is 4.79 Å². The zero-order chi connectivity index (χ0) is 19.0. The minimum absolute atomic E-state index is 0. The molecule has 2 aromatic heterocycles. The molecule has 1 fully saturated rings. The number of aromatic nitrogens is 3. The summed E-state index contributed by atoms with van der Waals surface area (Å²) in [5.41, 5.74) is 6.07. The molecule has 1 unspecified atom stereocenters. The Morgan fingerprint density at radius 2 is 2.07 bits per heavy atom. The third kappa shape index (κ3) is 3.94. The van der Waals surface area contributed by atoms with Crippen LogP contribution in [0.25, 0.3) is 16.4 Å². The molecule has 28 heavy (non-hydrogen) atoms. The molecular formula is C19H21ClFN5OS. The van der Waals surface area contributed by atoms with Crippen LogP contribution < -0.4 is 11.1 Å². The first-order valence-corrected chi connectivity index (χ1v) is 9.67. The van der Waals surface area contributed by atoms with E-state index in [0.29, 0.717) is 24.0 Å². The van der Waals surface area contributed by atoms with E-state index in [2.05, 4.69) is 15.4 Å². The predicted octanol–water partition coefficient (Wildman–Crippen LogP) is 3.41. The van der Waals surface area contributed by atoms with E-state index >= 15 is 0 Å². The number of benzene rings is 1. The third-order valence-electron chi connectivity index (χ3n) is 4.92. The molecule has 148 valence electrons. The first-order chi connectivity index (χ1) is 13.0. The molecule has 3 N–H and O–H groups in total. The lowest BCUT2D eigenvalue weighted by molar-refractivity contribution is 0.0887. The maximum absolute atomic E-state index is 13.3. The first kappa shape index (κ1) is 20.4. The van der Waals surface area contributed by atoms with Gasteiger partial charge in [0.05, 0.1) is 16.1 Å². The largest absolute Gasteiger partial charge is 0.343 e. The van der Waals surface area contributed by atoms with E-state index in [1.165, 1.54) is 23.5 Å². The van der Waals surface area contributed by atoms with Gasteiger partial charge in [-0.05, 0) is 61.4 Å². The molecule has 1 atom stereocenters. The van der Waals surface area contributed by atoms with E-state index in [-0.39, 0.29) is 30.0 Å². The molecule has 0 bridgehead atoms. The molecule has 2 heterocycles. The minimum atomic E-state index is -0.457. The molecule has 0 spiro atoms. The van der Waals surface area contributed by atoms with Crippen LogP contribution in [0.4, 0.5) is 4.39 Å². The minimum Gasteiger partial charge on any atom is -0.343 e. The maximum atomic E-state index is 13.3. The highest BCUT2D eigenvalue weighted by Gasteiger charge is 2.42. The van der Waals surface area contributed by atoms with E-state index in [1.54, 1.807) is 16.8 Å². The van der Waals surface area contributed by atoms with Crippen LogP contribution in [-0.2, 0) is 0 Å². The van der Waals surface area contributed by atoms with Gasteiger partial charge in [-0.25, -0.2) is 14.1 Å². The van der Waals surface area contributed by atoms with Gasteiger partial charge in [0.15, 0.2) is 5.82 Å². The molecule has 4 rings (SSSR count). The summed E-state index contributed by atoms with van der Waals surface area (Å²) in [4.78, 5) is 18.1. The maximum Gasteiger partial charge on any atom is 0.291 e. The number of thiophene rings is 1. The van der Waals surface area contributed by atoms with Gasteiger partial charge in [-0.15, -0.1) is 28.8 Å². The Balaban J connectivity index is 0.00000225. The number of hydrogen-bond donors (Lipinski definition) is 2. The Labute approximate surface area is 172 Å². The average Bonchev–Trinajstić information content (AvgIpc) is 3.22. The molecule has 1 amide bonds.